The maximum atomic E-state index is 12.8. The van der Waals surface area contributed by atoms with Crippen molar-refractivity contribution in [1.29, 1.82) is 0 Å². The number of aromatic hydroxyl groups is 1. The summed E-state index contributed by atoms with van der Waals surface area (Å²) >= 11 is 0. The Bertz CT molecular complexity index is 570. The SMILES string of the molecule is CCCCC1C=CCN1C(=O)C1CC(c2ccc(O)cc2)NN1. The van der Waals surface area contributed by atoms with E-state index in [-0.39, 0.29) is 29.8 Å². The number of hydrazine groups is 1. The number of nitrogens with one attached hydrogen (secondary N) is 2. The first-order valence-electron chi connectivity index (χ1n) is 8.46. The molecule has 3 unspecified atom stereocenters. The van der Waals surface area contributed by atoms with E-state index >= 15 is 0 Å². The van der Waals surface area contributed by atoms with Crippen LogP contribution < -0.4 is 10.9 Å². The van der Waals surface area contributed by atoms with Crippen molar-refractivity contribution in [3.63, 3.8) is 0 Å². The molecule has 2 aliphatic rings. The van der Waals surface area contributed by atoms with E-state index in [0.717, 1.165) is 37.8 Å². The molecule has 2 aliphatic heterocycles. The molecule has 1 saturated heterocycles. The number of hydrogen-bond donors (Lipinski definition) is 3. The maximum absolute atomic E-state index is 12.8. The van der Waals surface area contributed by atoms with Gasteiger partial charge in [0.2, 0.25) is 5.91 Å². The fourth-order valence-electron chi connectivity index (χ4n) is 3.33. The van der Waals surface area contributed by atoms with Gasteiger partial charge in [-0.1, -0.05) is 44.1 Å². The van der Waals surface area contributed by atoms with E-state index in [1.54, 1.807) is 12.1 Å². The van der Waals surface area contributed by atoms with Gasteiger partial charge in [-0.3, -0.25) is 4.79 Å². The topological polar surface area (TPSA) is 64.6 Å². The molecule has 5 nitrogen and oxygen atoms in total. The largest absolute Gasteiger partial charge is 0.508 e. The zero-order valence-electron chi connectivity index (χ0n) is 13.5. The number of benzene rings is 1. The summed E-state index contributed by atoms with van der Waals surface area (Å²) < 4.78 is 0. The van der Waals surface area contributed by atoms with Crippen LogP contribution in [0, 0.1) is 0 Å². The first kappa shape index (κ1) is 16.0. The monoisotopic (exact) mass is 315 g/mol. The van der Waals surface area contributed by atoms with Crippen molar-refractivity contribution >= 4 is 5.91 Å². The first-order valence-corrected chi connectivity index (χ1v) is 8.46. The van der Waals surface area contributed by atoms with E-state index in [4.69, 9.17) is 0 Å². The summed E-state index contributed by atoms with van der Waals surface area (Å²) in [6, 6.07) is 7.28. The second-order valence-corrected chi connectivity index (χ2v) is 6.35. The number of unbranched alkanes of at least 4 members (excludes halogenated alkanes) is 1. The van der Waals surface area contributed by atoms with Crippen molar-refractivity contribution in [1.82, 2.24) is 15.8 Å². The van der Waals surface area contributed by atoms with Gasteiger partial charge in [0.05, 0.1) is 6.04 Å². The lowest BCUT2D eigenvalue weighted by molar-refractivity contribution is -0.133. The maximum Gasteiger partial charge on any atom is 0.241 e. The van der Waals surface area contributed by atoms with Crippen molar-refractivity contribution in [2.45, 2.75) is 50.7 Å². The second kappa shape index (κ2) is 7.15. The van der Waals surface area contributed by atoms with Crippen molar-refractivity contribution in [3.05, 3.63) is 42.0 Å². The molecular formula is C18H25N3O2. The Morgan fingerprint density at radius 1 is 1.30 bits per heavy atom. The van der Waals surface area contributed by atoms with E-state index < -0.39 is 0 Å². The van der Waals surface area contributed by atoms with Crippen molar-refractivity contribution in [2.24, 2.45) is 0 Å². The third-order valence-corrected chi connectivity index (χ3v) is 4.69. The van der Waals surface area contributed by atoms with Crippen LogP contribution in [0.4, 0.5) is 0 Å². The second-order valence-electron chi connectivity index (χ2n) is 6.35. The summed E-state index contributed by atoms with van der Waals surface area (Å²) in [7, 11) is 0. The van der Waals surface area contributed by atoms with Crippen LogP contribution in [0.25, 0.3) is 0 Å². The molecule has 0 aliphatic carbocycles. The minimum absolute atomic E-state index is 0.0919. The first-order chi connectivity index (χ1) is 11.2. The van der Waals surface area contributed by atoms with Crippen LogP contribution in [-0.4, -0.2) is 34.5 Å². The molecule has 0 spiro atoms. The van der Waals surface area contributed by atoms with E-state index in [9.17, 15) is 9.90 Å². The van der Waals surface area contributed by atoms with Gasteiger partial charge in [0.25, 0.3) is 0 Å². The quantitative estimate of drug-likeness (QED) is 0.729. The predicted molar refractivity (Wildman–Crippen MR) is 89.7 cm³/mol. The van der Waals surface area contributed by atoms with Crippen LogP contribution in [0.3, 0.4) is 0 Å². The van der Waals surface area contributed by atoms with Gasteiger partial charge in [-0.2, -0.15) is 0 Å². The van der Waals surface area contributed by atoms with Gasteiger partial charge in [-0.25, -0.2) is 10.9 Å². The number of carbonyl (C=O) groups is 1. The van der Waals surface area contributed by atoms with Crippen LogP contribution in [0.15, 0.2) is 36.4 Å². The number of carbonyl (C=O) groups excluding carboxylic acids is 1. The third kappa shape index (κ3) is 3.57. The van der Waals surface area contributed by atoms with E-state index in [2.05, 4.69) is 29.9 Å². The van der Waals surface area contributed by atoms with Gasteiger partial charge < -0.3 is 10.0 Å². The minimum atomic E-state index is -0.196. The highest BCUT2D eigenvalue weighted by Gasteiger charge is 2.35. The van der Waals surface area contributed by atoms with Gasteiger partial charge in [-0.15, -0.1) is 0 Å². The smallest absolute Gasteiger partial charge is 0.241 e. The van der Waals surface area contributed by atoms with E-state index in [1.807, 2.05) is 17.0 Å². The van der Waals surface area contributed by atoms with Gasteiger partial charge in [-0.05, 0) is 30.5 Å². The van der Waals surface area contributed by atoms with Gasteiger partial charge in [0, 0.05) is 12.6 Å². The van der Waals surface area contributed by atoms with E-state index in [0.29, 0.717) is 0 Å². The average molecular weight is 315 g/mol. The Morgan fingerprint density at radius 3 is 2.83 bits per heavy atom. The molecule has 0 bridgehead atoms. The highest BCUT2D eigenvalue weighted by Crippen LogP contribution is 2.26. The molecule has 5 heteroatoms. The molecular weight excluding hydrogens is 290 g/mol. The van der Waals surface area contributed by atoms with Crippen molar-refractivity contribution in [3.8, 4) is 5.75 Å². The Labute approximate surface area is 137 Å². The number of nitrogens with zero attached hydrogens (tertiary/aromatic N) is 1. The number of phenols is 1. The highest BCUT2D eigenvalue weighted by atomic mass is 16.3. The molecule has 3 N–H and O–H groups in total. The Balaban J connectivity index is 1.60. The third-order valence-electron chi connectivity index (χ3n) is 4.69. The summed E-state index contributed by atoms with van der Waals surface area (Å²) in [5, 5.41) is 9.38. The molecule has 1 amide bonds. The fourth-order valence-corrected chi connectivity index (χ4v) is 3.33. The standard InChI is InChI=1S/C18H25N3O2/c1-2-3-5-14-6-4-11-21(14)18(23)17-12-16(19-20-17)13-7-9-15(22)10-8-13/h4,6-10,14,16-17,19-20,22H,2-3,5,11-12H2,1H3. The average Bonchev–Trinajstić information content (AvgIpc) is 3.22. The normalized spacial score (nSPS) is 26.8. The molecule has 3 atom stereocenters. The summed E-state index contributed by atoms with van der Waals surface area (Å²) in [4.78, 5) is 14.8. The molecule has 23 heavy (non-hydrogen) atoms. The summed E-state index contributed by atoms with van der Waals surface area (Å²) in [6.07, 6.45) is 8.32. The zero-order valence-corrected chi connectivity index (χ0v) is 13.5. The predicted octanol–water partition coefficient (Wildman–Crippen LogP) is 2.26. The number of amides is 1. The van der Waals surface area contributed by atoms with Crippen molar-refractivity contribution in [2.75, 3.05) is 6.54 Å². The number of phenolic OH excluding ortho intramolecular Hbond substituents is 1. The van der Waals surface area contributed by atoms with Gasteiger partial charge >= 0.3 is 0 Å². The van der Waals surface area contributed by atoms with Crippen LogP contribution >= 0.6 is 0 Å². The lowest BCUT2D eigenvalue weighted by Crippen LogP contribution is -2.47. The summed E-state index contributed by atoms with van der Waals surface area (Å²) in [6.45, 7) is 2.89. The van der Waals surface area contributed by atoms with Crippen LogP contribution in [-0.2, 0) is 4.79 Å². The molecule has 1 aromatic carbocycles. The molecule has 3 rings (SSSR count). The Hall–Kier alpha value is -1.85. The molecule has 0 aromatic heterocycles. The minimum Gasteiger partial charge on any atom is -0.508 e. The van der Waals surface area contributed by atoms with Gasteiger partial charge in [0.15, 0.2) is 0 Å². The van der Waals surface area contributed by atoms with Crippen LogP contribution in [0.1, 0.15) is 44.2 Å². The van der Waals surface area contributed by atoms with Crippen LogP contribution in [0.2, 0.25) is 0 Å². The fraction of sp³-hybridized carbons (Fsp3) is 0.500. The lowest BCUT2D eigenvalue weighted by atomic mass is 10.0. The number of hydrogen-bond acceptors (Lipinski definition) is 4. The zero-order chi connectivity index (χ0) is 16.2. The Kier molecular flexibility index (Phi) is 4.98. The Morgan fingerprint density at radius 2 is 2.09 bits per heavy atom. The molecule has 1 fully saturated rings. The number of rotatable bonds is 5. The molecule has 0 radical (unpaired) electrons. The molecule has 1 aromatic rings. The van der Waals surface area contributed by atoms with E-state index in [1.165, 1.54) is 0 Å². The molecule has 124 valence electrons. The van der Waals surface area contributed by atoms with Crippen LogP contribution in [0.5, 0.6) is 5.75 Å². The highest BCUT2D eigenvalue weighted by molar-refractivity contribution is 5.83. The summed E-state index contributed by atoms with van der Waals surface area (Å²) in [5.41, 5.74) is 7.42. The van der Waals surface area contributed by atoms with Gasteiger partial charge in [0.1, 0.15) is 11.8 Å². The molecule has 2 heterocycles. The lowest BCUT2D eigenvalue weighted by Gasteiger charge is -2.27. The molecule has 0 saturated carbocycles. The summed E-state index contributed by atoms with van der Waals surface area (Å²) in [5.74, 6) is 0.430. The van der Waals surface area contributed by atoms with Crippen molar-refractivity contribution < 1.29 is 9.90 Å².